The molecule has 2 aromatic carbocycles. The van der Waals surface area contributed by atoms with Gasteiger partial charge in [-0.2, -0.15) is 0 Å². The van der Waals surface area contributed by atoms with Crippen molar-refractivity contribution in [1.29, 1.82) is 0 Å². The molecular weight excluding hydrogens is 330 g/mol. The fraction of sp³-hybridized carbons (Fsp3) is 0.211. The van der Waals surface area contributed by atoms with Crippen LogP contribution in [0.25, 0.3) is 27.9 Å². The molecule has 4 aromatic rings. The monoisotopic (exact) mass is 349 g/mol. The lowest BCUT2D eigenvalue weighted by Crippen LogP contribution is -2.12. The van der Waals surface area contributed by atoms with Crippen LogP contribution in [-0.4, -0.2) is 47.0 Å². The van der Waals surface area contributed by atoms with Crippen molar-refractivity contribution >= 4 is 22.5 Å². The van der Waals surface area contributed by atoms with Crippen LogP contribution in [0.1, 0.15) is 0 Å². The fourth-order valence-corrected chi connectivity index (χ4v) is 2.89. The largest absolute Gasteiger partial charge is 0.497 e. The maximum Gasteiger partial charge on any atom is 0.211 e. The Labute approximate surface area is 150 Å². The summed E-state index contributed by atoms with van der Waals surface area (Å²) in [6.45, 7) is 1.22. The summed E-state index contributed by atoms with van der Waals surface area (Å²) >= 11 is 0. The van der Waals surface area contributed by atoms with E-state index in [0.717, 1.165) is 33.7 Å². The second kappa shape index (κ2) is 6.97. The van der Waals surface area contributed by atoms with Gasteiger partial charge in [-0.05, 0) is 36.4 Å². The maximum absolute atomic E-state index is 5.24. The highest BCUT2D eigenvalue weighted by Crippen LogP contribution is 2.27. The standard InChI is InChI=1S/C19H19N5O2/c1-25-12-11-20-19-21-16-6-4-3-5-15(16)18-23-22-17(24(18)19)13-7-9-14(26-2)10-8-13/h3-10H,11-12H2,1-2H3,(H,20,21). The third-order valence-corrected chi connectivity index (χ3v) is 4.18. The first-order valence-corrected chi connectivity index (χ1v) is 8.33. The molecule has 0 fully saturated rings. The molecule has 0 amide bonds. The van der Waals surface area contributed by atoms with E-state index in [0.29, 0.717) is 19.1 Å². The maximum atomic E-state index is 5.24. The molecule has 1 N–H and O–H groups in total. The highest BCUT2D eigenvalue weighted by molar-refractivity contribution is 5.93. The first-order valence-electron chi connectivity index (χ1n) is 8.33. The van der Waals surface area contributed by atoms with Crippen molar-refractivity contribution in [2.75, 3.05) is 32.7 Å². The number of hydrogen-bond acceptors (Lipinski definition) is 6. The van der Waals surface area contributed by atoms with Gasteiger partial charge in [0.15, 0.2) is 11.5 Å². The van der Waals surface area contributed by atoms with E-state index >= 15 is 0 Å². The summed E-state index contributed by atoms with van der Waals surface area (Å²) in [6, 6.07) is 15.6. The Bertz CT molecular complexity index is 1040. The van der Waals surface area contributed by atoms with Crippen LogP contribution in [0.5, 0.6) is 5.75 Å². The zero-order valence-corrected chi connectivity index (χ0v) is 14.6. The van der Waals surface area contributed by atoms with E-state index in [9.17, 15) is 0 Å². The Balaban J connectivity index is 1.91. The summed E-state index contributed by atoms with van der Waals surface area (Å²) in [5, 5.41) is 13.1. The number of ether oxygens (including phenoxy) is 2. The topological polar surface area (TPSA) is 73.6 Å². The second-order valence-corrected chi connectivity index (χ2v) is 5.78. The molecule has 0 radical (unpaired) electrons. The molecule has 2 aromatic heterocycles. The smallest absolute Gasteiger partial charge is 0.211 e. The van der Waals surface area contributed by atoms with E-state index in [-0.39, 0.29) is 0 Å². The van der Waals surface area contributed by atoms with Gasteiger partial charge in [-0.1, -0.05) is 12.1 Å². The van der Waals surface area contributed by atoms with Crippen molar-refractivity contribution in [2.45, 2.75) is 0 Å². The van der Waals surface area contributed by atoms with Gasteiger partial charge in [0.2, 0.25) is 5.95 Å². The van der Waals surface area contributed by atoms with Gasteiger partial charge in [0.05, 0.1) is 19.2 Å². The number of fused-ring (bicyclic) bond motifs is 3. The van der Waals surface area contributed by atoms with Crippen LogP contribution in [0.3, 0.4) is 0 Å². The molecule has 0 unspecified atom stereocenters. The molecular formula is C19H19N5O2. The number of anilines is 1. The zero-order valence-electron chi connectivity index (χ0n) is 14.6. The minimum Gasteiger partial charge on any atom is -0.497 e. The van der Waals surface area contributed by atoms with E-state index in [4.69, 9.17) is 14.5 Å². The lowest BCUT2D eigenvalue weighted by molar-refractivity contribution is 0.210. The number of nitrogens with one attached hydrogen (secondary N) is 1. The Morgan fingerprint density at radius 1 is 1.00 bits per heavy atom. The van der Waals surface area contributed by atoms with Crippen molar-refractivity contribution in [1.82, 2.24) is 19.6 Å². The van der Waals surface area contributed by atoms with Crippen LogP contribution in [0.15, 0.2) is 48.5 Å². The van der Waals surface area contributed by atoms with Crippen molar-refractivity contribution in [2.24, 2.45) is 0 Å². The summed E-state index contributed by atoms with van der Waals surface area (Å²) in [4.78, 5) is 4.76. The number of benzene rings is 2. The quantitative estimate of drug-likeness (QED) is 0.540. The lowest BCUT2D eigenvalue weighted by Gasteiger charge is -2.11. The minimum atomic E-state index is 0.579. The number of aromatic nitrogens is 4. The minimum absolute atomic E-state index is 0.579. The molecule has 0 spiro atoms. The molecule has 0 saturated heterocycles. The molecule has 0 aliphatic carbocycles. The molecule has 0 aliphatic rings. The summed E-state index contributed by atoms with van der Waals surface area (Å²) in [7, 11) is 3.32. The van der Waals surface area contributed by atoms with Crippen molar-refractivity contribution in [3.05, 3.63) is 48.5 Å². The van der Waals surface area contributed by atoms with E-state index in [1.54, 1.807) is 14.2 Å². The first kappa shape index (κ1) is 16.3. The van der Waals surface area contributed by atoms with E-state index in [1.807, 2.05) is 52.9 Å². The van der Waals surface area contributed by atoms with Crippen LogP contribution in [-0.2, 0) is 4.74 Å². The highest BCUT2D eigenvalue weighted by atomic mass is 16.5. The Hall–Kier alpha value is -3.19. The average molecular weight is 349 g/mol. The predicted molar refractivity (Wildman–Crippen MR) is 101 cm³/mol. The van der Waals surface area contributed by atoms with Crippen LogP contribution >= 0.6 is 0 Å². The molecule has 26 heavy (non-hydrogen) atoms. The first-order chi connectivity index (χ1) is 12.8. The SMILES string of the molecule is COCCNc1nc2ccccc2c2nnc(-c3ccc(OC)cc3)n12. The van der Waals surface area contributed by atoms with Gasteiger partial charge in [0, 0.05) is 24.6 Å². The van der Waals surface area contributed by atoms with Crippen LogP contribution in [0, 0.1) is 0 Å². The van der Waals surface area contributed by atoms with E-state index < -0.39 is 0 Å². The lowest BCUT2D eigenvalue weighted by atomic mass is 10.2. The Morgan fingerprint density at radius 3 is 2.58 bits per heavy atom. The summed E-state index contributed by atoms with van der Waals surface area (Å²) in [5.41, 5.74) is 2.57. The molecule has 7 nitrogen and oxygen atoms in total. The van der Waals surface area contributed by atoms with Gasteiger partial charge in [-0.25, -0.2) is 9.38 Å². The molecule has 2 heterocycles. The van der Waals surface area contributed by atoms with Crippen LogP contribution < -0.4 is 10.1 Å². The number of methoxy groups -OCH3 is 2. The number of hydrogen-bond donors (Lipinski definition) is 1. The molecule has 0 atom stereocenters. The van der Waals surface area contributed by atoms with E-state index in [1.165, 1.54) is 0 Å². The van der Waals surface area contributed by atoms with Gasteiger partial charge >= 0.3 is 0 Å². The third kappa shape index (κ3) is 2.82. The Morgan fingerprint density at radius 2 is 1.81 bits per heavy atom. The van der Waals surface area contributed by atoms with Gasteiger partial charge < -0.3 is 14.8 Å². The van der Waals surface area contributed by atoms with Gasteiger partial charge in [0.1, 0.15) is 5.75 Å². The van der Waals surface area contributed by atoms with Crippen molar-refractivity contribution in [3.8, 4) is 17.1 Å². The van der Waals surface area contributed by atoms with Crippen molar-refractivity contribution < 1.29 is 9.47 Å². The third-order valence-electron chi connectivity index (χ3n) is 4.18. The number of nitrogens with zero attached hydrogens (tertiary/aromatic N) is 4. The summed E-state index contributed by atoms with van der Waals surface area (Å²) in [6.07, 6.45) is 0. The van der Waals surface area contributed by atoms with Gasteiger partial charge in [-0.15, -0.1) is 10.2 Å². The molecule has 0 aliphatic heterocycles. The highest BCUT2D eigenvalue weighted by Gasteiger charge is 2.16. The fourth-order valence-electron chi connectivity index (χ4n) is 2.89. The predicted octanol–water partition coefficient (Wildman–Crippen LogP) is 3.01. The Kier molecular flexibility index (Phi) is 4.37. The number of rotatable bonds is 6. The van der Waals surface area contributed by atoms with Gasteiger partial charge in [-0.3, -0.25) is 0 Å². The average Bonchev–Trinajstić information content (AvgIpc) is 3.14. The summed E-state index contributed by atoms with van der Waals surface area (Å²) < 4.78 is 12.3. The molecule has 4 rings (SSSR count). The molecule has 0 bridgehead atoms. The van der Waals surface area contributed by atoms with E-state index in [2.05, 4.69) is 15.5 Å². The molecule has 132 valence electrons. The van der Waals surface area contributed by atoms with Crippen molar-refractivity contribution in [3.63, 3.8) is 0 Å². The number of para-hydroxylation sites is 1. The second-order valence-electron chi connectivity index (χ2n) is 5.78. The zero-order chi connectivity index (χ0) is 17.9. The van der Waals surface area contributed by atoms with Gasteiger partial charge in [0.25, 0.3) is 0 Å². The van der Waals surface area contributed by atoms with Crippen LogP contribution in [0.4, 0.5) is 5.95 Å². The molecule has 0 saturated carbocycles. The summed E-state index contributed by atoms with van der Waals surface area (Å²) in [5.74, 6) is 2.21. The molecule has 7 heteroatoms. The van der Waals surface area contributed by atoms with Crippen LogP contribution in [0.2, 0.25) is 0 Å². The normalized spacial score (nSPS) is 11.2.